The van der Waals surface area contributed by atoms with Crippen LogP contribution in [0.2, 0.25) is 0 Å². The van der Waals surface area contributed by atoms with Gasteiger partial charge in [-0.2, -0.15) is 0 Å². The second-order valence-corrected chi connectivity index (χ2v) is 15.2. The lowest BCUT2D eigenvalue weighted by atomic mass is 9.85. The third kappa shape index (κ3) is 7.75. The summed E-state index contributed by atoms with van der Waals surface area (Å²) in [6, 6.07) is -4.82. The van der Waals surface area contributed by atoms with Crippen molar-refractivity contribution in [2.24, 2.45) is 5.41 Å². The van der Waals surface area contributed by atoms with Crippen molar-refractivity contribution in [2.45, 2.75) is 128 Å². The highest BCUT2D eigenvalue weighted by Gasteiger charge is 2.64. The maximum absolute atomic E-state index is 14.8. The van der Waals surface area contributed by atoms with E-state index in [0.29, 0.717) is 25.9 Å². The van der Waals surface area contributed by atoms with E-state index < -0.39 is 70.6 Å². The van der Waals surface area contributed by atoms with Gasteiger partial charge in [0.15, 0.2) is 0 Å². The predicted molar refractivity (Wildman–Crippen MR) is 183 cm³/mol. The van der Waals surface area contributed by atoms with Crippen molar-refractivity contribution in [3.05, 3.63) is 24.3 Å². The minimum Gasteiger partial charge on any atom is -0.347 e. The number of carbonyl (C=O) groups excluding carboxylic acids is 7. The van der Waals surface area contributed by atoms with E-state index in [2.05, 4.69) is 36.1 Å². The first kappa shape index (κ1) is 37.8. The number of rotatable bonds is 13. The quantitative estimate of drug-likeness (QED) is 0.200. The maximum Gasteiger partial charge on any atom is 0.289 e. The molecule has 1 aliphatic carbocycles. The average Bonchev–Trinajstić information content (AvgIpc) is 3.52. The van der Waals surface area contributed by atoms with Crippen LogP contribution >= 0.6 is 0 Å². The SMILES string of the molecule is CCCC(NC(=O)C1CC2(CN1C(=O)C(NC(=O)[C@H](C)NC(=O)c1cnccn1)C(C)(C)C)N(CC)C(=O)C1CCCN12)C(=O)C(=O)NC1CC1. The summed E-state index contributed by atoms with van der Waals surface area (Å²) in [6.07, 6.45) is 7.94. The Morgan fingerprint density at radius 3 is 2.35 bits per heavy atom. The monoisotopic (exact) mass is 709 g/mol. The van der Waals surface area contributed by atoms with Gasteiger partial charge in [-0.3, -0.25) is 43.4 Å². The summed E-state index contributed by atoms with van der Waals surface area (Å²) in [5, 5.41) is 10.9. The van der Waals surface area contributed by atoms with E-state index in [-0.39, 0.29) is 43.1 Å². The fraction of sp³-hybridized carbons (Fsp3) is 0.686. The summed E-state index contributed by atoms with van der Waals surface area (Å²) in [6.45, 7) is 11.5. The zero-order valence-electron chi connectivity index (χ0n) is 30.4. The highest BCUT2D eigenvalue weighted by molar-refractivity contribution is 6.38. The number of amides is 6. The molecule has 51 heavy (non-hydrogen) atoms. The third-order valence-electron chi connectivity index (χ3n) is 10.3. The molecular weight excluding hydrogens is 658 g/mol. The second-order valence-electron chi connectivity index (χ2n) is 15.2. The van der Waals surface area contributed by atoms with Gasteiger partial charge in [-0.25, -0.2) is 4.98 Å². The standard InChI is InChI=1S/C35H51N9O7/c1-7-10-22(26(45)31(49)39-21-12-13-21)40-30(48)25-17-35(43(8-2)32(50)24-11-9-16-44(24)35)19-42(25)33(51)27(34(4,5)6)41-28(46)20(3)38-29(47)23-18-36-14-15-37-23/h14-15,18,20-22,24-25,27H,7-13,16-17,19H2,1-6H3,(H,38,47)(H,39,49)(H,40,48)(H,41,46)/t20-,22?,24?,25?,27?,35?/m0/s1. The van der Waals surface area contributed by atoms with Crippen molar-refractivity contribution < 1.29 is 33.6 Å². The molecule has 6 amide bonds. The number of likely N-dealkylation sites (N-methyl/N-ethyl adjacent to an activating group) is 1. The summed E-state index contributed by atoms with van der Waals surface area (Å²) < 4.78 is 0. The first-order valence-electron chi connectivity index (χ1n) is 18.0. The molecule has 4 N–H and O–H groups in total. The van der Waals surface area contributed by atoms with Crippen molar-refractivity contribution in [3.63, 3.8) is 0 Å². The first-order chi connectivity index (χ1) is 24.1. The number of hydrogen-bond acceptors (Lipinski definition) is 10. The predicted octanol–water partition coefficient (Wildman–Crippen LogP) is -0.118. The van der Waals surface area contributed by atoms with Crippen LogP contribution in [0.3, 0.4) is 0 Å². The van der Waals surface area contributed by atoms with E-state index in [1.54, 1.807) is 25.7 Å². The smallest absolute Gasteiger partial charge is 0.289 e. The number of ketones is 1. The van der Waals surface area contributed by atoms with Gasteiger partial charge in [-0.15, -0.1) is 0 Å². The number of aromatic nitrogens is 2. The van der Waals surface area contributed by atoms with E-state index in [9.17, 15) is 33.6 Å². The fourth-order valence-corrected chi connectivity index (χ4v) is 7.55. The number of carbonyl (C=O) groups is 7. The van der Waals surface area contributed by atoms with Gasteiger partial charge in [0.05, 0.1) is 24.8 Å². The van der Waals surface area contributed by atoms with E-state index in [4.69, 9.17) is 0 Å². The molecule has 4 fully saturated rings. The van der Waals surface area contributed by atoms with E-state index in [1.807, 2.05) is 13.8 Å². The summed E-state index contributed by atoms with van der Waals surface area (Å²) in [4.78, 5) is 108. The van der Waals surface area contributed by atoms with Gasteiger partial charge in [0, 0.05) is 37.9 Å². The van der Waals surface area contributed by atoms with E-state index in [1.165, 1.54) is 30.4 Å². The zero-order valence-corrected chi connectivity index (χ0v) is 30.4. The van der Waals surface area contributed by atoms with Crippen molar-refractivity contribution in [1.29, 1.82) is 0 Å². The van der Waals surface area contributed by atoms with Gasteiger partial charge >= 0.3 is 0 Å². The van der Waals surface area contributed by atoms with Gasteiger partial charge in [0.2, 0.25) is 29.4 Å². The summed E-state index contributed by atoms with van der Waals surface area (Å²) in [7, 11) is 0. The Morgan fingerprint density at radius 2 is 1.75 bits per heavy atom. The molecule has 1 spiro atoms. The molecule has 278 valence electrons. The number of Topliss-reactive ketones (excluding diaryl/α,β-unsaturated/α-hetero) is 1. The Morgan fingerprint density at radius 1 is 1.02 bits per heavy atom. The van der Waals surface area contributed by atoms with Crippen LogP contribution in [-0.2, 0) is 28.8 Å². The normalized spacial score (nSPS) is 24.9. The van der Waals surface area contributed by atoms with Gasteiger partial charge in [0.25, 0.3) is 11.8 Å². The average molecular weight is 710 g/mol. The molecule has 0 aromatic carbocycles. The summed E-state index contributed by atoms with van der Waals surface area (Å²) >= 11 is 0. The van der Waals surface area contributed by atoms with Gasteiger partial charge < -0.3 is 31.1 Å². The first-order valence-corrected chi connectivity index (χ1v) is 18.0. The number of nitrogens with one attached hydrogen (secondary N) is 4. The molecule has 4 heterocycles. The van der Waals surface area contributed by atoms with Gasteiger partial charge in [-0.1, -0.05) is 34.1 Å². The lowest BCUT2D eigenvalue weighted by Crippen LogP contribution is -2.61. The Bertz CT molecular complexity index is 1550. The van der Waals surface area contributed by atoms with E-state index in [0.717, 1.165) is 19.3 Å². The van der Waals surface area contributed by atoms with E-state index >= 15 is 0 Å². The number of fused-ring (bicyclic) bond motifs is 2. The van der Waals surface area contributed by atoms with Crippen LogP contribution in [0.25, 0.3) is 0 Å². The summed E-state index contributed by atoms with van der Waals surface area (Å²) in [5.74, 6) is -3.94. The molecule has 0 bridgehead atoms. The molecule has 0 radical (unpaired) electrons. The molecule has 3 saturated heterocycles. The molecular formula is C35H51N9O7. The molecule has 3 aliphatic heterocycles. The zero-order chi connectivity index (χ0) is 37.2. The van der Waals surface area contributed by atoms with Gasteiger partial charge in [0.1, 0.15) is 29.5 Å². The van der Waals surface area contributed by atoms with Crippen molar-refractivity contribution in [3.8, 4) is 0 Å². The molecule has 6 atom stereocenters. The highest BCUT2D eigenvalue weighted by Crippen LogP contribution is 2.46. The lowest BCUT2D eigenvalue weighted by Gasteiger charge is -2.40. The highest BCUT2D eigenvalue weighted by atomic mass is 16.2. The van der Waals surface area contributed by atoms with Crippen molar-refractivity contribution in [2.75, 3.05) is 19.6 Å². The van der Waals surface area contributed by atoms with Crippen LogP contribution in [0.1, 0.15) is 97.0 Å². The topological polar surface area (TPSA) is 203 Å². The number of likely N-dealkylation sites (tertiary alicyclic amines) is 1. The van der Waals surface area contributed by atoms with Crippen LogP contribution in [-0.4, -0.2) is 127 Å². The molecule has 4 aliphatic rings. The number of nitrogens with zero attached hydrogens (tertiary/aromatic N) is 5. The fourth-order valence-electron chi connectivity index (χ4n) is 7.55. The Labute approximate surface area is 298 Å². The van der Waals surface area contributed by atoms with Gasteiger partial charge in [-0.05, 0) is 51.4 Å². The molecule has 16 heteroatoms. The summed E-state index contributed by atoms with van der Waals surface area (Å²) in [5.41, 5.74) is -1.80. The van der Waals surface area contributed by atoms with Crippen LogP contribution in [0.5, 0.6) is 0 Å². The van der Waals surface area contributed by atoms with Crippen molar-refractivity contribution >= 4 is 41.2 Å². The molecule has 1 saturated carbocycles. The van der Waals surface area contributed by atoms with Crippen LogP contribution in [0.4, 0.5) is 0 Å². The Kier molecular flexibility index (Phi) is 11.1. The number of hydrogen-bond donors (Lipinski definition) is 4. The maximum atomic E-state index is 14.8. The molecule has 5 rings (SSSR count). The van der Waals surface area contributed by atoms with Crippen LogP contribution in [0.15, 0.2) is 18.6 Å². The largest absolute Gasteiger partial charge is 0.347 e. The Balaban J connectivity index is 1.43. The molecule has 1 aromatic heterocycles. The molecule has 5 unspecified atom stereocenters. The van der Waals surface area contributed by atoms with Crippen molar-refractivity contribution in [1.82, 2.24) is 45.9 Å². The molecule has 16 nitrogen and oxygen atoms in total. The van der Waals surface area contributed by atoms with Crippen LogP contribution in [0, 0.1) is 5.41 Å². The Hall–Kier alpha value is -4.47. The second kappa shape index (κ2) is 15.0. The third-order valence-corrected chi connectivity index (χ3v) is 10.3. The van der Waals surface area contributed by atoms with Crippen LogP contribution < -0.4 is 21.3 Å². The minimum atomic E-state index is -1.15. The molecule has 1 aromatic rings. The lowest BCUT2D eigenvalue weighted by molar-refractivity contribution is -0.145. The minimum absolute atomic E-state index is 0.00989.